The predicted molar refractivity (Wildman–Crippen MR) is 128 cm³/mol. The molecule has 2 unspecified atom stereocenters. The number of fused-ring (bicyclic) bond motifs is 1. The number of aliphatic carboxylic acids is 1. The smallest absolute Gasteiger partial charge is 0.300 e. The van der Waals surface area contributed by atoms with E-state index in [1.165, 1.54) is 23.8 Å². The number of benzene rings is 2. The molecule has 1 saturated heterocycles. The lowest BCUT2D eigenvalue weighted by Gasteiger charge is -2.27. The maximum absolute atomic E-state index is 11.6. The molecule has 0 amide bonds. The summed E-state index contributed by atoms with van der Waals surface area (Å²) in [4.78, 5) is 11.6. The van der Waals surface area contributed by atoms with Crippen LogP contribution in [-0.4, -0.2) is 50.3 Å². The van der Waals surface area contributed by atoms with Crippen LogP contribution in [0.1, 0.15) is 37.8 Å². The summed E-state index contributed by atoms with van der Waals surface area (Å²) in [6.45, 7) is 6.85. The van der Waals surface area contributed by atoms with Gasteiger partial charge in [-0.1, -0.05) is 49.4 Å². The normalized spacial score (nSPS) is 24.2. The van der Waals surface area contributed by atoms with Gasteiger partial charge in [-0.2, -0.15) is 0 Å². The van der Waals surface area contributed by atoms with Crippen molar-refractivity contribution in [2.75, 3.05) is 30.6 Å². The van der Waals surface area contributed by atoms with E-state index in [1.807, 2.05) is 18.2 Å². The van der Waals surface area contributed by atoms with Crippen LogP contribution in [0.2, 0.25) is 0 Å². The van der Waals surface area contributed by atoms with Crippen molar-refractivity contribution in [1.82, 2.24) is 4.90 Å². The van der Waals surface area contributed by atoms with Crippen LogP contribution < -0.4 is 4.72 Å². The fourth-order valence-electron chi connectivity index (χ4n) is 5.39. The van der Waals surface area contributed by atoms with Gasteiger partial charge in [-0.15, -0.1) is 0 Å². The molecule has 2 N–H and O–H groups in total. The molecule has 2 aliphatic rings. The number of sulfonamides is 1. The summed E-state index contributed by atoms with van der Waals surface area (Å²) in [5, 5.41) is 7.42. The highest BCUT2D eigenvalue weighted by Crippen LogP contribution is 2.65. The number of nitrogens with zero attached hydrogens (tertiary/aromatic N) is 1. The summed E-state index contributed by atoms with van der Waals surface area (Å²) in [6, 6.07) is 18.8. The standard InChI is InChI=1S/C23H30N2O2S.C2H4O2/c1-3-23(19-12-7-13-20(15-19)24-28(2,26)27)21-16-25(17-22(21)23)14-8-11-18-9-5-4-6-10-18;1-2(3)4/h4-7,9-10,12-13,15,21-22,24H,3,8,11,14,16-17H2,1-2H3;1H3,(H,3,4). The van der Waals surface area contributed by atoms with Crippen LogP contribution in [0.25, 0.3) is 0 Å². The molecular formula is C25H34N2O4S. The third kappa shape index (κ3) is 5.90. The van der Waals surface area contributed by atoms with Crippen molar-refractivity contribution in [3.8, 4) is 0 Å². The van der Waals surface area contributed by atoms with Gasteiger partial charge in [0.25, 0.3) is 5.97 Å². The minimum absolute atomic E-state index is 0.227. The Morgan fingerprint density at radius 3 is 2.31 bits per heavy atom. The van der Waals surface area contributed by atoms with Gasteiger partial charge in [0.05, 0.1) is 6.26 Å². The molecule has 7 heteroatoms. The van der Waals surface area contributed by atoms with E-state index in [2.05, 4.69) is 52.9 Å². The van der Waals surface area contributed by atoms with Crippen LogP contribution >= 0.6 is 0 Å². The molecule has 0 radical (unpaired) electrons. The van der Waals surface area contributed by atoms with E-state index >= 15 is 0 Å². The number of nitrogens with one attached hydrogen (secondary N) is 1. The van der Waals surface area contributed by atoms with Crippen LogP contribution in [0, 0.1) is 11.8 Å². The van der Waals surface area contributed by atoms with Gasteiger partial charge >= 0.3 is 0 Å². The van der Waals surface area contributed by atoms with Crippen LogP contribution in [0.3, 0.4) is 0 Å². The molecule has 0 bridgehead atoms. The molecule has 1 saturated carbocycles. The first-order chi connectivity index (χ1) is 15.2. The SMILES string of the molecule is CC(=O)O.CCC1(c2cccc(NS(C)(=O)=O)c2)C2CN(CCCc3ccccc3)CC21. The molecule has 1 aliphatic heterocycles. The Morgan fingerprint density at radius 2 is 1.75 bits per heavy atom. The Labute approximate surface area is 191 Å². The van der Waals surface area contributed by atoms with Crippen molar-refractivity contribution in [1.29, 1.82) is 0 Å². The fraction of sp³-hybridized carbons (Fsp3) is 0.480. The number of carboxylic acid groups (broad SMARTS) is 1. The molecule has 6 nitrogen and oxygen atoms in total. The van der Waals surface area contributed by atoms with Crippen molar-refractivity contribution in [3.63, 3.8) is 0 Å². The first-order valence-electron chi connectivity index (χ1n) is 11.2. The van der Waals surface area contributed by atoms with Gasteiger partial charge in [0.15, 0.2) is 0 Å². The lowest BCUT2D eigenvalue weighted by atomic mass is 9.87. The Morgan fingerprint density at radius 1 is 1.12 bits per heavy atom. The molecule has 174 valence electrons. The van der Waals surface area contributed by atoms with Crippen molar-refractivity contribution in [2.24, 2.45) is 11.8 Å². The second-order valence-corrected chi connectivity index (χ2v) is 10.7. The Hall–Kier alpha value is -2.38. The topological polar surface area (TPSA) is 86.7 Å². The molecule has 4 rings (SSSR count). The number of piperidine rings is 1. The highest BCUT2D eigenvalue weighted by molar-refractivity contribution is 7.92. The number of hydrogen-bond acceptors (Lipinski definition) is 4. The molecule has 1 aliphatic carbocycles. The largest absolute Gasteiger partial charge is 0.481 e. The van der Waals surface area contributed by atoms with E-state index in [-0.39, 0.29) is 5.41 Å². The van der Waals surface area contributed by atoms with Gasteiger partial charge in [0.1, 0.15) is 0 Å². The van der Waals surface area contributed by atoms with Crippen LogP contribution in [0.5, 0.6) is 0 Å². The molecule has 2 fully saturated rings. The van der Waals surface area contributed by atoms with Crippen LogP contribution in [-0.2, 0) is 26.7 Å². The first-order valence-corrected chi connectivity index (χ1v) is 13.1. The third-order valence-electron chi connectivity index (χ3n) is 6.68. The van der Waals surface area contributed by atoms with Crippen molar-refractivity contribution in [2.45, 2.75) is 38.5 Å². The second-order valence-electron chi connectivity index (χ2n) is 8.93. The van der Waals surface area contributed by atoms with Crippen molar-refractivity contribution >= 4 is 21.7 Å². The average Bonchev–Trinajstić information content (AvgIpc) is 3.10. The van der Waals surface area contributed by atoms with E-state index in [1.54, 1.807) is 0 Å². The Kier molecular flexibility index (Phi) is 7.62. The number of likely N-dealkylation sites (tertiary alicyclic amines) is 1. The molecule has 0 spiro atoms. The lowest BCUT2D eigenvalue weighted by molar-refractivity contribution is -0.134. The first kappa shape index (κ1) is 24.3. The molecule has 2 aromatic rings. The van der Waals surface area contributed by atoms with Gasteiger partial charge in [-0.25, -0.2) is 8.42 Å². The summed E-state index contributed by atoms with van der Waals surface area (Å²) in [5.41, 5.74) is 3.62. The Bertz CT molecular complexity index is 1010. The van der Waals surface area contributed by atoms with Crippen LogP contribution in [0.4, 0.5) is 5.69 Å². The van der Waals surface area contributed by atoms with Gasteiger partial charge in [-0.3, -0.25) is 9.52 Å². The summed E-state index contributed by atoms with van der Waals surface area (Å²) < 4.78 is 25.8. The number of carbonyl (C=O) groups is 1. The fourth-order valence-corrected chi connectivity index (χ4v) is 5.95. The van der Waals surface area contributed by atoms with E-state index in [9.17, 15) is 8.42 Å². The number of aryl methyl sites for hydroxylation is 1. The maximum atomic E-state index is 11.6. The van der Waals surface area contributed by atoms with E-state index in [0.29, 0.717) is 17.5 Å². The van der Waals surface area contributed by atoms with E-state index in [0.717, 1.165) is 39.4 Å². The summed E-state index contributed by atoms with van der Waals surface area (Å²) in [5.74, 6) is 0.561. The van der Waals surface area contributed by atoms with E-state index < -0.39 is 16.0 Å². The molecule has 2 aromatic carbocycles. The highest BCUT2D eigenvalue weighted by atomic mass is 32.2. The highest BCUT2D eigenvalue weighted by Gasteiger charge is 2.67. The monoisotopic (exact) mass is 458 g/mol. The third-order valence-corrected chi connectivity index (χ3v) is 7.29. The zero-order valence-electron chi connectivity index (χ0n) is 19.1. The molecule has 1 heterocycles. The minimum atomic E-state index is -3.24. The molecule has 0 aromatic heterocycles. The quantitative estimate of drug-likeness (QED) is 0.625. The molecular weight excluding hydrogens is 424 g/mol. The van der Waals surface area contributed by atoms with E-state index in [4.69, 9.17) is 9.90 Å². The van der Waals surface area contributed by atoms with Crippen molar-refractivity contribution in [3.05, 3.63) is 65.7 Å². The number of hydrogen-bond donors (Lipinski definition) is 2. The van der Waals surface area contributed by atoms with Crippen LogP contribution in [0.15, 0.2) is 54.6 Å². The Balaban J connectivity index is 0.000000668. The zero-order valence-corrected chi connectivity index (χ0v) is 19.9. The zero-order chi connectivity index (χ0) is 23.4. The van der Waals surface area contributed by atoms with Gasteiger partial charge < -0.3 is 10.0 Å². The number of carboxylic acids is 1. The summed E-state index contributed by atoms with van der Waals surface area (Å²) >= 11 is 0. The van der Waals surface area contributed by atoms with Gasteiger partial charge in [0.2, 0.25) is 10.0 Å². The number of anilines is 1. The van der Waals surface area contributed by atoms with Gasteiger partial charge in [-0.05, 0) is 60.9 Å². The molecule has 2 atom stereocenters. The molecule has 32 heavy (non-hydrogen) atoms. The van der Waals surface area contributed by atoms with Gasteiger partial charge in [0, 0.05) is 31.1 Å². The summed E-state index contributed by atoms with van der Waals surface area (Å²) in [7, 11) is -3.24. The number of rotatable bonds is 8. The average molecular weight is 459 g/mol. The predicted octanol–water partition coefficient (Wildman–Crippen LogP) is 3.99. The lowest BCUT2D eigenvalue weighted by Crippen LogP contribution is -2.31. The minimum Gasteiger partial charge on any atom is -0.481 e. The maximum Gasteiger partial charge on any atom is 0.300 e. The summed E-state index contributed by atoms with van der Waals surface area (Å²) in [6.07, 6.45) is 4.66. The van der Waals surface area contributed by atoms with Crippen molar-refractivity contribution < 1.29 is 18.3 Å². The second kappa shape index (κ2) is 10.0.